The Morgan fingerprint density at radius 3 is 2.53 bits per heavy atom. The van der Waals surface area contributed by atoms with Crippen LogP contribution in [0.25, 0.3) is 5.69 Å². The Balaban J connectivity index is 1.23. The second kappa shape index (κ2) is 8.20. The van der Waals surface area contributed by atoms with E-state index in [2.05, 4.69) is 20.1 Å². The van der Waals surface area contributed by atoms with Crippen LogP contribution in [0, 0.1) is 11.2 Å². The van der Waals surface area contributed by atoms with Crippen LogP contribution < -0.4 is 14.5 Å². The number of aromatic nitrogens is 4. The van der Waals surface area contributed by atoms with Crippen LogP contribution in [0.15, 0.2) is 30.5 Å². The van der Waals surface area contributed by atoms with Gasteiger partial charge in [-0.15, -0.1) is 10.2 Å². The molecule has 0 bridgehead atoms. The van der Waals surface area contributed by atoms with E-state index in [4.69, 9.17) is 16.3 Å². The van der Waals surface area contributed by atoms with E-state index in [-0.39, 0.29) is 18.5 Å². The minimum Gasteiger partial charge on any atom is -0.493 e. The summed E-state index contributed by atoms with van der Waals surface area (Å²) in [5.41, 5.74) is 1.44. The number of rotatable bonds is 4. The topological polar surface area (TPSA) is 62.6 Å². The Bertz CT molecular complexity index is 1320. The highest BCUT2D eigenvalue weighted by molar-refractivity contribution is 6.30. The lowest BCUT2D eigenvalue weighted by Crippen LogP contribution is -2.73. The molecule has 8 nitrogen and oxygen atoms in total. The highest BCUT2D eigenvalue weighted by Gasteiger charge is 2.54. The average molecular weight is 524 g/mol. The van der Waals surface area contributed by atoms with Crippen molar-refractivity contribution < 1.29 is 22.3 Å². The molecule has 5 heterocycles. The summed E-state index contributed by atoms with van der Waals surface area (Å²) < 4.78 is 60.2. The zero-order valence-electron chi connectivity index (χ0n) is 19.3. The van der Waals surface area contributed by atoms with Crippen LogP contribution in [-0.2, 0) is 13.1 Å². The van der Waals surface area contributed by atoms with Gasteiger partial charge < -0.3 is 14.5 Å². The van der Waals surface area contributed by atoms with Crippen molar-refractivity contribution in [3.05, 3.63) is 52.7 Å². The molecule has 3 aliphatic heterocycles. The van der Waals surface area contributed by atoms with Crippen molar-refractivity contribution in [1.82, 2.24) is 24.6 Å². The van der Waals surface area contributed by atoms with Crippen molar-refractivity contribution in [3.63, 3.8) is 0 Å². The lowest BCUT2D eigenvalue weighted by Gasteiger charge is -2.60. The van der Waals surface area contributed by atoms with Gasteiger partial charge in [-0.2, -0.15) is 13.2 Å². The summed E-state index contributed by atoms with van der Waals surface area (Å²) in [7, 11) is 1.48. The van der Waals surface area contributed by atoms with E-state index in [1.54, 1.807) is 18.2 Å². The highest BCUT2D eigenvalue weighted by atomic mass is 35.5. The number of ether oxygens (including phenoxy) is 1. The van der Waals surface area contributed by atoms with Gasteiger partial charge in [0.05, 0.1) is 32.1 Å². The molecule has 0 aliphatic carbocycles. The molecular formula is C23H22ClF4N7O. The van der Waals surface area contributed by atoms with E-state index >= 15 is 0 Å². The summed E-state index contributed by atoms with van der Waals surface area (Å²) in [5, 5.41) is 9.08. The predicted octanol–water partition coefficient (Wildman–Crippen LogP) is 3.67. The minimum atomic E-state index is -4.33. The van der Waals surface area contributed by atoms with Gasteiger partial charge in [0.2, 0.25) is 5.95 Å². The number of fused-ring (bicyclic) bond motifs is 3. The molecule has 3 aliphatic rings. The molecule has 1 aromatic carbocycles. The monoisotopic (exact) mass is 523 g/mol. The first-order valence-electron chi connectivity index (χ1n) is 11.3. The van der Waals surface area contributed by atoms with E-state index in [1.807, 2.05) is 9.47 Å². The number of alkyl halides is 3. The predicted molar refractivity (Wildman–Crippen MR) is 124 cm³/mol. The number of anilines is 2. The van der Waals surface area contributed by atoms with E-state index in [0.717, 1.165) is 18.8 Å². The van der Waals surface area contributed by atoms with Crippen molar-refractivity contribution in [1.29, 1.82) is 0 Å². The molecule has 190 valence electrons. The molecule has 0 amide bonds. The Morgan fingerprint density at radius 1 is 1.06 bits per heavy atom. The molecule has 0 N–H and O–H groups in total. The first kappa shape index (κ1) is 23.3. The molecule has 0 saturated carbocycles. The summed E-state index contributed by atoms with van der Waals surface area (Å²) in [6.07, 6.45) is -3.16. The smallest absolute Gasteiger partial charge is 0.401 e. The molecule has 13 heteroatoms. The lowest BCUT2D eigenvalue weighted by atomic mass is 9.73. The van der Waals surface area contributed by atoms with Gasteiger partial charge in [0.1, 0.15) is 5.82 Å². The number of hydrogen-bond acceptors (Lipinski definition) is 7. The number of hydrogen-bond donors (Lipinski definition) is 0. The van der Waals surface area contributed by atoms with Crippen LogP contribution in [0.4, 0.5) is 29.3 Å². The van der Waals surface area contributed by atoms with Crippen molar-refractivity contribution in [2.24, 2.45) is 5.41 Å². The van der Waals surface area contributed by atoms with Crippen molar-refractivity contribution in [2.45, 2.75) is 19.3 Å². The number of nitrogens with zero attached hydrogens (tertiary/aromatic N) is 7. The maximum Gasteiger partial charge on any atom is 0.401 e. The third-order valence-corrected chi connectivity index (χ3v) is 7.10. The summed E-state index contributed by atoms with van der Waals surface area (Å²) >= 11 is 6.18. The Kier molecular flexibility index (Phi) is 5.31. The molecule has 3 aromatic rings. The zero-order valence-corrected chi connectivity index (χ0v) is 20.0. The maximum atomic E-state index is 13.5. The largest absolute Gasteiger partial charge is 0.493 e. The van der Waals surface area contributed by atoms with Crippen LogP contribution in [-0.4, -0.2) is 70.7 Å². The Labute approximate surface area is 209 Å². The fourth-order valence-electron chi connectivity index (χ4n) is 5.44. The fraction of sp³-hybridized carbons (Fsp3) is 0.435. The number of pyridine rings is 1. The van der Waals surface area contributed by atoms with E-state index in [9.17, 15) is 17.6 Å². The molecule has 2 saturated heterocycles. The van der Waals surface area contributed by atoms with Gasteiger partial charge in [0, 0.05) is 49.2 Å². The Morgan fingerprint density at radius 2 is 1.81 bits per heavy atom. The Hall–Kier alpha value is -3.12. The third kappa shape index (κ3) is 4.01. The average Bonchev–Trinajstić information content (AvgIpc) is 3.07. The third-order valence-electron chi connectivity index (χ3n) is 6.86. The SMILES string of the molecule is COc1cc(F)cnc1N1CC2(C1)CN(c1nnc3n1-c1ccc(Cl)cc1CN(CC(F)(F)F)C3)C2. The molecular weight excluding hydrogens is 502 g/mol. The van der Waals surface area contributed by atoms with Gasteiger partial charge in [-0.05, 0) is 23.8 Å². The zero-order chi connectivity index (χ0) is 25.2. The summed E-state index contributed by atoms with van der Waals surface area (Å²) in [6, 6.07) is 6.54. The molecule has 36 heavy (non-hydrogen) atoms. The first-order valence-corrected chi connectivity index (χ1v) is 11.7. The molecule has 0 unspecified atom stereocenters. The molecule has 0 atom stereocenters. The van der Waals surface area contributed by atoms with Crippen LogP contribution in [0.5, 0.6) is 5.75 Å². The van der Waals surface area contributed by atoms with Gasteiger partial charge in [0.25, 0.3) is 0 Å². The van der Waals surface area contributed by atoms with E-state index < -0.39 is 18.5 Å². The normalized spacial score (nSPS) is 18.8. The molecule has 2 aromatic heterocycles. The number of benzene rings is 1. The molecule has 2 fully saturated rings. The highest BCUT2D eigenvalue weighted by Crippen LogP contribution is 2.45. The second-order valence-corrected chi connectivity index (χ2v) is 10.1. The van der Waals surface area contributed by atoms with E-state index in [0.29, 0.717) is 47.0 Å². The molecule has 1 spiro atoms. The van der Waals surface area contributed by atoms with Crippen LogP contribution in [0.3, 0.4) is 0 Å². The van der Waals surface area contributed by atoms with Crippen molar-refractivity contribution in [2.75, 3.05) is 49.6 Å². The lowest BCUT2D eigenvalue weighted by molar-refractivity contribution is -0.148. The molecule has 6 rings (SSSR count). The van der Waals surface area contributed by atoms with E-state index in [1.165, 1.54) is 24.3 Å². The van der Waals surface area contributed by atoms with Crippen LogP contribution in [0.1, 0.15) is 11.4 Å². The number of halogens is 5. The first-order chi connectivity index (χ1) is 17.1. The van der Waals surface area contributed by atoms with Gasteiger partial charge in [-0.3, -0.25) is 9.47 Å². The maximum absolute atomic E-state index is 13.5. The fourth-order valence-corrected chi connectivity index (χ4v) is 5.64. The standard InChI is InChI=1S/C23H22ClF4N7O/c1-36-18-5-16(25)6-29-20(18)33-9-22(10-33)11-34(12-22)21-31-30-19-8-32(13-23(26,27)28)7-14-4-15(24)2-3-17(14)35(19)21/h2-6H,7-13H2,1H3. The van der Waals surface area contributed by atoms with Crippen molar-refractivity contribution in [3.8, 4) is 11.4 Å². The summed E-state index contributed by atoms with van der Waals surface area (Å²) in [4.78, 5) is 9.62. The number of methoxy groups -OCH3 is 1. The van der Waals surface area contributed by atoms with Crippen LogP contribution >= 0.6 is 11.6 Å². The summed E-state index contributed by atoms with van der Waals surface area (Å²) in [6.45, 7) is 1.94. The van der Waals surface area contributed by atoms with Gasteiger partial charge in [-0.25, -0.2) is 9.37 Å². The minimum absolute atomic E-state index is 0.0155. The van der Waals surface area contributed by atoms with Crippen LogP contribution in [0.2, 0.25) is 5.02 Å². The quantitative estimate of drug-likeness (QED) is 0.484. The van der Waals surface area contributed by atoms with Gasteiger partial charge in [-0.1, -0.05) is 11.6 Å². The second-order valence-electron chi connectivity index (χ2n) is 9.68. The summed E-state index contributed by atoms with van der Waals surface area (Å²) in [5.74, 6) is 1.59. The molecule has 0 radical (unpaired) electrons. The van der Waals surface area contributed by atoms with Crippen molar-refractivity contribution >= 4 is 23.4 Å². The van der Waals surface area contributed by atoms with Gasteiger partial charge >= 0.3 is 6.18 Å². The van der Waals surface area contributed by atoms with Gasteiger partial charge in [0.15, 0.2) is 17.4 Å².